The van der Waals surface area contributed by atoms with Crippen molar-refractivity contribution < 1.29 is 19.2 Å². The van der Waals surface area contributed by atoms with Crippen LogP contribution in [0.3, 0.4) is 0 Å². The molecule has 0 saturated carbocycles. The molecule has 7 rings (SSSR count). The Kier molecular flexibility index (Phi) is 7.87. The first-order chi connectivity index (χ1) is 22.3. The standard InChI is InChI=1S/C37H41N5O4/c1-3-4-5-6-10-33(44)40-19-16-25(17-20-40)41-23-37(2,28-15-18-38-22-31(28)41)21-24-11-12-29-34-26(24)8-7-9-27(34)36(46)42(29)30-13-14-32(43)39-35(30)45/h6-12,15,18,22,25,30H,3-5,13-14,16-17,19-21,23H2,1-2H3,(H,39,43,45)/b10-6+. The van der Waals surface area contributed by atoms with E-state index < -0.39 is 11.9 Å². The molecular weight excluding hydrogens is 578 g/mol. The summed E-state index contributed by atoms with van der Waals surface area (Å²) in [6, 6.07) is 11.7. The van der Waals surface area contributed by atoms with Crippen molar-refractivity contribution in [3.05, 3.63) is 77.6 Å². The molecule has 238 valence electrons. The summed E-state index contributed by atoms with van der Waals surface area (Å²) in [7, 11) is 0. The average Bonchev–Trinajstić information content (AvgIpc) is 3.52. The zero-order chi connectivity index (χ0) is 32.0. The third kappa shape index (κ3) is 5.15. The fourth-order valence-electron chi connectivity index (χ4n) is 8.04. The number of allylic oxidation sites excluding steroid dienone is 1. The number of nitrogens with zero attached hydrogens (tertiary/aromatic N) is 4. The van der Waals surface area contributed by atoms with Crippen molar-refractivity contribution >= 4 is 45.8 Å². The van der Waals surface area contributed by atoms with Gasteiger partial charge in [-0.1, -0.05) is 51.0 Å². The van der Waals surface area contributed by atoms with Gasteiger partial charge in [0, 0.05) is 54.7 Å². The summed E-state index contributed by atoms with van der Waals surface area (Å²) >= 11 is 0. The zero-order valence-corrected chi connectivity index (χ0v) is 26.6. The van der Waals surface area contributed by atoms with E-state index in [1.54, 1.807) is 11.0 Å². The molecule has 9 nitrogen and oxygen atoms in total. The van der Waals surface area contributed by atoms with Gasteiger partial charge in [0.2, 0.25) is 17.7 Å². The predicted molar refractivity (Wildman–Crippen MR) is 178 cm³/mol. The molecule has 5 heterocycles. The van der Waals surface area contributed by atoms with Gasteiger partial charge in [-0.25, -0.2) is 0 Å². The molecule has 4 aliphatic heterocycles. The first-order valence-electron chi connectivity index (χ1n) is 16.7. The van der Waals surface area contributed by atoms with E-state index in [0.29, 0.717) is 18.0 Å². The SMILES string of the molecule is CCCC/C=C/C(=O)N1CCC(N2CC(C)(Cc3ccc4c5c(cccc35)C(=O)N4C3CCC(=O)NC3=O)c3ccncc32)CC1. The van der Waals surface area contributed by atoms with E-state index >= 15 is 0 Å². The monoisotopic (exact) mass is 619 g/mol. The molecule has 3 aromatic rings. The van der Waals surface area contributed by atoms with Crippen LogP contribution in [-0.4, -0.2) is 65.2 Å². The fourth-order valence-corrected chi connectivity index (χ4v) is 8.04. The molecule has 0 spiro atoms. The highest BCUT2D eigenvalue weighted by Crippen LogP contribution is 2.47. The molecule has 46 heavy (non-hydrogen) atoms. The van der Waals surface area contributed by atoms with Crippen LogP contribution >= 0.6 is 0 Å². The third-order valence-electron chi connectivity index (χ3n) is 10.4. The van der Waals surface area contributed by atoms with E-state index in [1.165, 1.54) is 11.3 Å². The minimum absolute atomic E-state index is 0.115. The molecular formula is C37H41N5O4. The minimum atomic E-state index is -0.703. The average molecular weight is 620 g/mol. The Morgan fingerprint density at radius 3 is 2.67 bits per heavy atom. The van der Waals surface area contributed by atoms with E-state index in [1.807, 2.05) is 41.6 Å². The van der Waals surface area contributed by atoms with E-state index in [-0.39, 0.29) is 29.6 Å². The van der Waals surface area contributed by atoms with E-state index in [0.717, 1.165) is 80.2 Å². The Balaban J connectivity index is 1.13. The molecule has 2 fully saturated rings. The van der Waals surface area contributed by atoms with Crippen LogP contribution in [0, 0.1) is 0 Å². The first kappa shape index (κ1) is 30.1. The zero-order valence-electron chi connectivity index (χ0n) is 26.6. The normalized spacial score (nSPS) is 23.1. The highest BCUT2D eigenvalue weighted by Gasteiger charge is 2.44. The number of amides is 4. The van der Waals surface area contributed by atoms with Gasteiger partial charge in [-0.2, -0.15) is 0 Å². The number of nitrogens with one attached hydrogen (secondary N) is 1. The molecule has 0 aliphatic carbocycles. The summed E-state index contributed by atoms with van der Waals surface area (Å²) in [6.07, 6.45) is 13.9. The smallest absolute Gasteiger partial charge is 0.259 e. The second-order valence-corrected chi connectivity index (χ2v) is 13.5. The van der Waals surface area contributed by atoms with Gasteiger partial charge in [-0.3, -0.25) is 34.4 Å². The van der Waals surface area contributed by atoms with Crippen molar-refractivity contribution in [2.24, 2.45) is 0 Å². The van der Waals surface area contributed by atoms with Crippen molar-refractivity contribution in [2.75, 3.05) is 29.4 Å². The van der Waals surface area contributed by atoms with Crippen LogP contribution in [-0.2, 0) is 26.2 Å². The quantitative estimate of drug-likeness (QED) is 0.215. The van der Waals surface area contributed by atoms with Gasteiger partial charge in [-0.15, -0.1) is 0 Å². The number of pyridine rings is 1. The summed E-state index contributed by atoms with van der Waals surface area (Å²) in [5, 5.41) is 4.31. The van der Waals surface area contributed by atoms with Crippen LogP contribution in [0.4, 0.5) is 11.4 Å². The minimum Gasteiger partial charge on any atom is -0.366 e. The molecule has 2 aromatic carbocycles. The summed E-state index contributed by atoms with van der Waals surface area (Å²) in [5.74, 6) is -0.793. The van der Waals surface area contributed by atoms with Gasteiger partial charge in [0.05, 0.1) is 17.6 Å². The predicted octanol–water partition coefficient (Wildman–Crippen LogP) is 5.06. The highest BCUT2D eigenvalue weighted by atomic mass is 16.2. The molecule has 1 N–H and O–H groups in total. The third-order valence-corrected chi connectivity index (χ3v) is 10.4. The molecule has 2 saturated heterocycles. The maximum Gasteiger partial charge on any atom is 0.259 e. The van der Waals surface area contributed by atoms with Crippen molar-refractivity contribution in [3.63, 3.8) is 0 Å². The van der Waals surface area contributed by atoms with Crippen molar-refractivity contribution in [3.8, 4) is 0 Å². The molecule has 2 unspecified atom stereocenters. The number of aromatic nitrogens is 1. The number of likely N-dealkylation sites (tertiary alicyclic amines) is 1. The summed E-state index contributed by atoms with van der Waals surface area (Å²) in [5.41, 5.74) is 4.73. The number of carbonyl (C=O) groups is 4. The summed E-state index contributed by atoms with van der Waals surface area (Å²) in [6.45, 7) is 6.81. The van der Waals surface area contributed by atoms with Gasteiger partial charge in [-0.05, 0) is 72.9 Å². The molecule has 0 bridgehead atoms. The van der Waals surface area contributed by atoms with Gasteiger partial charge >= 0.3 is 0 Å². The van der Waals surface area contributed by atoms with Crippen LogP contribution in [0.5, 0.6) is 0 Å². The Morgan fingerprint density at radius 1 is 1.07 bits per heavy atom. The van der Waals surface area contributed by atoms with Crippen LogP contribution < -0.4 is 15.1 Å². The molecule has 0 radical (unpaired) electrons. The molecule has 4 amide bonds. The molecule has 2 atom stereocenters. The first-order valence-corrected chi connectivity index (χ1v) is 16.7. The molecule has 1 aromatic heterocycles. The van der Waals surface area contributed by atoms with E-state index in [9.17, 15) is 19.2 Å². The Hall–Kier alpha value is -4.53. The van der Waals surface area contributed by atoms with Gasteiger partial charge in [0.15, 0.2) is 0 Å². The number of benzene rings is 2. The largest absolute Gasteiger partial charge is 0.366 e. The van der Waals surface area contributed by atoms with Crippen molar-refractivity contribution in [1.29, 1.82) is 0 Å². The maximum atomic E-state index is 13.7. The summed E-state index contributed by atoms with van der Waals surface area (Å²) < 4.78 is 0. The van der Waals surface area contributed by atoms with E-state index in [2.05, 4.69) is 47.2 Å². The summed E-state index contributed by atoms with van der Waals surface area (Å²) in [4.78, 5) is 61.6. The number of imide groups is 1. The van der Waals surface area contributed by atoms with E-state index in [4.69, 9.17) is 0 Å². The van der Waals surface area contributed by atoms with Crippen LogP contribution in [0.15, 0.2) is 60.9 Å². The Morgan fingerprint density at radius 2 is 1.89 bits per heavy atom. The number of fused-ring (bicyclic) bond motifs is 1. The lowest BCUT2D eigenvalue weighted by molar-refractivity contribution is -0.134. The number of hydrogen-bond acceptors (Lipinski definition) is 6. The van der Waals surface area contributed by atoms with Gasteiger partial charge < -0.3 is 9.80 Å². The van der Waals surface area contributed by atoms with Crippen LogP contribution in [0.1, 0.15) is 80.3 Å². The maximum absolute atomic E-state index is 13.7. The molecule has 9 heteroatoms. The lowest BCUT2D eigenvalue weighted by atomic mass is 9.78. The van der Waals surface area contributed by atoms with Crippen LogP contribution in [0.2, 0.25) is 0 Å². The number of carbonyl (C=O) groups excluding carboxylic acids is 4. The number of hydrogen-bond donors (Lipinski definition) is 1. The van der Waals surface area contributed by atoms with Gasteiger partial charge in [0.1, 0.15) is 6.04 Å². The fraction of sp³-hybridized carbons (Fsp3) is 0.432. The topological polar surface area (TPSA) is 103 Å². The Bertz CT molecular complexity index is 1760. The Labute approximate surface area is 269 Å². The number of anilines is 2. The van der Waals surface area contributed by atoms with Crippen LogP contribution in [0.25, 0.3) is 10.8 Å². The number of piperidine rings is 2. The lowest BCUT2D eigenvalue weighted by Gasteiger charge is -2.38. The molecule has 4 aliphatic rings. The number of unbranched alkanes of at least 4 members (excludes halogenated alkanes) is 2. The second-order valence-electron chi connectivity index (χ2n) is 13.5. The highest BCUT2D eigenvalue weighted by molar-refractivity contribution is 6.27. The van der Waals surface area contributed by atoms with Crippen molar-refractivity contribution in [1.82, 2.24) is 15.2 Å². The lowest BCUT2D eigenvalue weighted by Crippen LogP contribution is -2.53. The van der Waals surface area contributed by atoms with Gasteiger partial charge in [0.25, 0.3) is 5.91 Å². The van der Waals surface area contributed by atoms with Crippen molar-refractivity contribution in [2.45, 2.75) is 82.7 Å². The number of rotatable bonds is 8. The second kappa shape index (κ2) is 12.0.